The van der Waals surface area contributed by atoms with Gasteiger partial charge in [0.2, 0.25) is 0 Å². The van der Waals surface area contributed by atoms with E-state index in [9.17, 15) is 0 Å². The third kappa shape index (κ3) is 1.50. The SMILES string of the molecule is CCn1ccc(C2NCC23CCNCC3)c1. The second kappa shape index (κ2) is 3.90. The van der Waals surface area contributed by atoms with Crippen LogP contribution in [-0.2, 0) is 6.54 Å². The molecule has 2 aliphatic rings. The van der Waals surface area contributed by atoms with Crippen LogP contribution in [0, 0.1) is 5.41 Å². The Kier molecular flexibility index (Phi) is 2.52. The van der Waals surface area contributed by atoms with E-state index in [0.717, 1.165) is 6.54 Å². The van der Waals surface area contributed by atoms with Crippen LogP contribution in [-0.4, -0.2) is 24.2 Å². The van der Waals surface area contributed by atoms with Gasteiger partial charge in [0.1, 0.15) is 0 Å². The maximum Gasteiger partial charge on any atom is 0.0405 e. The third-order valence-electron chi connectivity index (χ3n) is 4.34. The van der Waals surface area contributed by atoms with Crippen molar-refractivity contribution in [1.82, 2.24) is 15.2 Å². The molecule has 3 nitrogen and oxygen atoms in total. The molecule has 1 unspecified atom stereocenters. The summed E-state index contributed by atoms with van der Waals surface area (Å²) in [6.07, 6.45) is 7.15. The van der Waals surface area contributed by atoms with E-state index in [1.54, 1.807) is 0 Å². The van der Waals surface area contributed by atoms with E-state index in [-0.39, 0.29) is 0 Å². The molecule has 3 heterocycles. The predicted molar refractivity (Wildman–Crippen MR) is 65.4 cm³/mol. The van der Waals surface area contributed by atoms with Crippen molar-refractivity contribution in [3.05, 3.63) is 24.0 Å². The number of aromatic nitrogens is 1. The van der Waals surface area contributed by atoms with Crippen molar-refractivity contribution in [2.75, 3.05) is 19.6 Å². The highest BCUT2D eigenvalue weighted by atomic mass is 15.1. The molecule has 2 aliphatic heterocycles. The highest BCUT2D eigenvalue weighted by Crippen LogP contribution is 2.47. The van der Waals surface area contributed by atoms with Gasteiger partial charge in [-0.05, 0) is 44.5 Å². The van der Waals surface area contributed by atoms with Crippen molar-refractivity contribution in [3.63, 3.8) is 0 Å². The molecule has 3 rings (SSSR count). The van der Waals surface area contributed by atoms with Gasteiger partial charge in [-0.3, -0.25) is 0 Å². The number of hydrogen-bond acceptors (Lipinski definition) is 2. The molecule has 1 atom stereocenters. The maximum atomic E-state index is 3.62. The summed E-state index contributed by atoms with van der Waals surface area (Å²) in [5.41, 5.74) is 2.03. The van der Waals surface area contributed by atoms with Crippen LogP contribution in [0.15, 0.2) is 18.5 Å². The lowest BCUT2D eigenvalue weighted by Gasteiger charge is -2.53. The number of rotatable bonds is 2. The first kappa shape index (κ1) is 10.4. The quantitative estimate of drug-likeness (QED) is 0.789. The molecule has 2 fully saturated rings. The number of aryl methyl sites for hydroxylation is 1. The zero-order valence-electron chi connectivity index (χ0n) is 10.00. The van der Waals surface area contributed by atoms with Gasteiger partial charge in [0.05, 0.1) is 0 Å². The van der Waals surface area contributed by atoms with Crippen LogP contribution in [0.3, 0.4) is 0 Å². The second-order valence-corrected chi connectivity index (χ2v) is 5.20. The second-order valence-electron chi connectivity index (χ2n) is 5.20. The van der Waals surface area contributed by atoms with Gasteiger partial charge in [-0.25, -0.2) is 0 Å². The summed E-state index contributed by atoms with van der Waals surface area (Å²) in [5.74, 6) is 0. The van der Waals surface area contributed by atoms with Crippen molar-refractivity contribution in [3.8, 4) is 0 Å². The van der Waals surface area contributed by atoms with E-state index in [4.69, 9.17) is 0 Å². The van der Waals surface area contributed by atoms with Gasteiger partial charge < -0.3 is 15.2 Å². The number of hydrogen-bond donors (Lipinski definition) is 2. The Morgan fingerprint density at radius 1 is 1.44 bits per heavy atom. The summed E-state index contributed by atoms with van der Waals surface area (Å²) in [4.78, 5) is 0. The molecule has 16 heavy (non-hydrogen) atoms. The first-order chi connectivity index (χ1) is 7.84. The van der Waals surface area contributed by atoms with E-state index in [1.165, 1.54) is 38.0 Å². The summed E-state index contributed by atoms with van der Waals surface area (Å²) in [6, 6.07) is 2.88. The fraction of sp³-hybridized carbons (Fsp3) is 0.692. The van der Waals surface area contributed by atoms with E-state index in [0.29, 0.717) is 11.5 Å². The fourth-order valence-corrected chi connectivity index (χ4v) is 3.18. The van der Waals surface area contributed by atoms with Gasteiger partial charge in [-0.15, -0.1) is 0 Å². The fourth-order valence-electron chi connectivity index (χ4n) is 3.18. The van der Waals surface area contributed by atoms with Crippen molar-refractivity contribution in [2.24, 2.45) is 5.41 Å². The Hall–Kier alpha value is -0.800. The lowest BCUT2D eigenvalue weighted by atomic mass is 9.65. The highest BCUT2D eigenvalue weighted by Gasteiger charge is 2.47. The van der Waals surface area contributed by atoms with Crippen molar-refractivity contribution in [1.29, 1.82) is 0 Å². The van der Waals surface area contributed by atoms with Crippen LogP contribution in [0.25, 0.3) is 0 Å². The van der Waals surface area contributed by atoms with Crippen LogP contribution < -0.4 is 10.6 Å². The molecule has 0 aromatic carbocycles. The van der Waals surface area contributed by atoms with Crippen molar-refractivity contribution >= 4 is 0 Å². The Labute approximate surface area is 97.2 Å². The molecular formula is C13H21N3. The molecule has 1 aromatic rings. The minimum atomic E-state index is 0.547. The molecule has 3 heteroatoms. The Morgan fingerprint density at radius 3 is 2.81 bits per heavy atom. The van der Waals surface area contributed by atoms with Crippen LogP contribution in [0.2, 0.25) is 0 Å². The van der Waals surface area contributed by atoms with Gasteiger partial charge in [-0.2, -0.15) is 0 Å². The molecule has 0 bridgehead atoms. The predicted octanol–water partition coefficient (Wildman–Crippen LogP) is 1.52. The van der Waals surface area contributed by atoms with Gasteiger partial charge in [0.15, 0.2) is 0 Å². The molecular weight excluding hydrogens is 198 g/mol. The Bertz CT molecular complexity index is 363. The lowest BCUT2D eigenvalue weighted by Crippen LogP contribution is -2.59. The standard InChI is InChI=1S/C13H21N3/c1-2-16-8-3-11(9-16)12-13(10-15-12)4-6-14-7-5-13/h3,8-9,12,14-15H,2,4-7,10H2,1H3. The lowest BCUT2D eigenvalue weighted by molar-refractivity contribution is 0.0436. The minimum absolute atomic E-state index is 0.547. The molecule has 0 saturated carbocycles. The normalized spacial score (nSPS) is 27.9. The number of nitrogens with zero attached hydrogens (tertiary/aromatic N) is 1. The van der Waals surface area contributed by atoms with Crippen LogP contribution in [0.1, 0.15) is 31.4 Å². The van der Waals surface area contributed by atoms with Crippen molar-refractivity contribution in [2.45, 2.75) is 32.4 Å². The van der Waals surface area contributed by atoms with E-state index < -0.39 is 0 Å². The zero-order valence-corrected chi connectivity index (χ0v) is 10.00. The Balaban J connectivity index is 1.79. The largest absolute Gasteiger partial charge is 0.354 e. The molecule has 2 N–H and O–H groups in total. The molecule has 1 aromatic heterocycles. The van der Waals surface area contributed by atoms with Gasteiger partial charge in [0.25, 0.3) is 0 Å². The summed E-state index contributed by atoms with van der Waals surface area (Å²) in [7, 11) is 0. The molecule has 1 spiro atoms. The van der Waals surface area contributed by atoms with E-state index >= 15 is 0 Å². The van der Waals surface area contributed by atoms with Gasteiger partial charge >= 0.3 is 0 Å². The minimum Gasteiger partial charge on any atom is -0.354 e. The zero-order chi connectivity index (χ0) is 11.0. The van der Waals surface area contributed by atoms with Crippen LogP contribution in [0.5, 0.6) is 0 Å². The smallest absolute Gasteiger partial charge is 0.0405 e. The third-order valence-corrected chi connectivity index (χ3v) is 4.34. The average Bonchev–Trinajstić information content (AvgIpc) is 2.77. The van der Waals surface area contributed by atoms with Crippen molar-refractivity contribution < 1.29 is 0 Å². The topological polar surface area (TPSA) is 29.0 Å². The monoisotopic (exact) mass is 219 g/mol. The van der Waals surface area contributed by atoms with E-state index in [2.05, 4.69) is 40.6 Å². The first-order valence-corrected chi connectivity index (χ1v) is 6.44. The summed E-state index contributed by atoms with van der Waals surface area (Å²) >= 11 is 0. The highest BCUT2D eigenvalue weighted by molar-refractivity contribution is 5.23. The number of nitrogens with one attached hydrogen (secondary N) is 2. The van der Waals surface area contributed by atoms with Gasteiger partial charge in [0, 0.05) is 36.9 Å². The van der Waals surface area contributed by atoms with E-state index in [1.807, 2.05) is 0 Å². The summed E-state index contributed by atoms with van der Waals surface area (Å²) < 4.78 is 2.27. The first-order valence-electron chi connectivity index (χ1n) is 6.44. The van der Waals surface area contributed by atoms with Crippen LogP contribution >= 0.6 is 0 Å². The average molecular weight is 219 g/mol. The summed E-state index contributed by atoms with van der Waals surface area (Å²) in [6.45, 7) is 6.84. The molecule has 0 amide bonds. The summed E-state index contributed by atoms with van der Waals surface area (Å²) in [5, 5.41) is 7.08. The Morgan fingerprint density at radius 2 is 2.25 bits per heavy atom. The maximum absolute atomic E-state index is 3.62. The number of piperidine rings is 1. The van der Waals surface area contributed by atoms with Gasteiger partial charge in [-0.1, -0.05) is 0 Å². The molecule has 88 valence electrons. The molecule has 0 aliphatic carbocycles. The molecule has 0 radical (unpaired) electrons. The van der Waals surface area contributed by atoms with Crippen LogP contribution in [0.4, 0.5) is 0 Å². The molecule has 2 saturated heterocycles.